The molecule has 0 saturated heterocycles. The normalized spacial score (nSPS) is 11.9. The molecule has 0 aromatic heterocycles. The van der Waals surface area contributed by atoms with Gasteiger partial charge < -0.3 is 15.0 Å². The quantitative estimate of drug-likeness (QED) is 0.325. The topological polar surface area (TPSA) is 96.0 Å². The van der Waals surface area contributed by atoms with E-state index in [9.17, 15) is 26.8 Å². The Morgan fingerprint density at radius 2 is 1.48 bits per heavy atom. The number of sulfonamides is 1. The number of ether oxygens (including phenoxy) is 1. The molecule has 0 aliphatic carbocycles. The Kier molecular flexibility index (Phi) is 10.6. The van der Waals surface area contributed by atoms with Crippen LogP contribution in [0.25, 0.3) is 0 Å². The summed E-state index contributed by atoms with van der Waals surface area (Å²) in [4.78, 5) is 28.1. The molecular weight excluding hydrogens is 540 g/mol. The Morgan fingerprint density at radius 1 is 0.900 bits per heavy atom. The lowest BCUT2D eigenvalue weighted by atomic mass is 10.1. The maximum Gasteiger partial charge on any atom is 0.264 e. The SMILES string of the molecule is CCCNC(=O)[C@@H](CC)N(Cc1ccc(F)cc1)C(=O)CN(c1ccc(F)cc1)S(=O)(=O)c1ccc(OC)cc1. The van der Waals surface area contributed by atoms with Gasteiger partial charge in [-0.25, -0.2) is 17.2 Å². The van der Waals surface area contributed by atoms with E-state index in [2.05, 4.69) is 5.32 Å². The number of methoxy groups -OCH3 is 1. The van der Waals surface area contributed by atoms with Crippen LogP contribution in [0, 0.1) is 11.6 Å². The number of carbonyl (C=O) groups is 2. The van der Waals surface area contributed by atoms with E-state index in [-0.39, 0.29) is 29.5 Å². The molecule has 8 nitrogen and oxygen atoms in total. The van der Waals surface area contributed by atoms with Crippen LogP contribution < -0.4 is 14.4 Å². The van der Waals surface area contributed by atoms with Gasteiger partial charge in [0.25, 0.3) is 10.0 Å². The van der Waals surface area contributed by atoms with E-state index in [1.165, 1.54) is 72.7 Å². The zero-order valence-electron chi connectivity index (χ0n) is 22.6. The van der Waals surface area contributed by atoms with Crippen molar-refractivity contribution in [3.05, 3.63) is 90.0 Å². The molecule has 0 fully saturated rings. The second-order valence-electron chi connectivity index (χ2n) is 9.03. The number of nitrogens with one attached hydrogen (secondary N) is 1. The van der Waals surface area contributed by atoms with Crippen LogP contribution in [0.3, 0.4) is 0 Å². The molecule has 0 unspecified atom stereocenters. The van der Waals surface area contributed by atoms with Crippen molar-refractivity contribution < 1.29 is 31.5 Å². The Morgan fingerprint density at radius 3 is 2.00 bits per heavy atom. The van der Waals surface area contributed by atoms with Crippen molar-refractivity contribution in [2.45, 2.75) is 44.2 Å². The minimum absolute atomic E-state index is 0.0585. The molecule has 2 amide bonds. The zero-order chi connectivity index (χ0) is 29.3. The molecule has 40 heavy (non-hydrogen) atoms. The minimum Gasteiger partial charge on any atom is -0.497 e. The van der Waals surface area contributed by atoms with Crippen LogP contribution in [0.2, 0.25) is 0 Å². The lowest BCUT2D eigenvalue weighted by Gasteiger charge is -2.33. The first-order valence-electron chi connectivity index (χ1n) is 12.8. The van der Waals surface area contributed by atoms with Gasteiger partial charge in [-0.05, 0) is 79.1 Å². The average Bonchev–Trinajstić information content (AvgIpc) is 2.96. The smallest absolute Gasteiger partial charge is 0.264 e. The van der Waals surface area contributed by atoms with Crippen LogP contribution in [0.15, 0.2) is 77.7 Å². The second kappa shape index (κ2) is 13.9. The van der Waals surface area contributed by atoms with E-state index in [0.717, 1.165) is 16.4 Å². The van der Waals surface area contributed by atoms with Crippen LogP contribution in [0.4, 0.5) is 14.5 Å². The van der Waals surface area contributed by atoms with Crippen molar-refractivity contribution in [3.63, 3.8) is 0 Å². The number of nitrogens with zero attached hydrogens (tertiary/aromatic N) is 2. The highest BCUT2D eigenvalue weighted by molar-refractivity contribution is 7.92. The summed E-state index contributed by atoms with van der Waals surface area (Å²) in [6, 6.07) is 14.9. The molecule has 11 heteroatoms. The Balaban J connectivity index is 2.04. The molecule has 0 aliphatic rings. The molecule has 0 aliphatic heterocycles. The number of hydrogen-bond acceptors (Lipinski definition) is 5. The van der Waals surface area contributed by atoms with E-state index in [1.807, 2.05) is 6.92 Å². The highest BCUT2D eigenvalue weighted by Crippen LogP contribution is 2.26. The summed E-state index contributed by atoms with van der Waals surface area (Å²) in [6.07, 6.45) is 0.941. The fourth-order valence-corrected chi connectivity index (χ4v) is 5.50. The summed E-state index contributed by atoms with van der Waals surface area (Å²) in [6.45, 7) is 3.32. The molecule has 3 rings (SSSR count). The van der Waals surface area contributed by atoms with Crippen molar-refractivity contribution in [1.82, 2.24) is 10.2 Å². The number of carbonyl (C=O) groups excluding carboxylic acids is 2. The van der Waals surface area contributed by atoms with E-state index < -0.39 is 40.2 Å². The molecule has 1 atom stereocenters. The fourth-order valence-electron chi connectivity index (χ4n) is 4.08. The van der Waals surface area contributed by atoms with Crippen molar-refractivity contribution in [3.8, 4) is 5.75 Å². The summed E-state index contributed by atoms with van der Waals surface area (Å²) in [7, 11) is -2.86. The maximum absolute atomic E-state index is 13.9. The van der Waals surface area contributed by atoms with Gasteiger partial charge in [-0.3, -0.25) is 13.9 Å². The lowest BCUT2D eigenvalue weighted by molar-refractivity contribution is -0.140. The number of anilines is 1. The summed E-state index contributed by atoms with van der Waals surface area (Å²) in [5.74, 6) is -1.64. The number of benzene rings is 3. The van der Waals surface area contributed by atoms with Gasteiger partial charge in [0.1, 0.15) is 30.0 Å². The van der Waals surface area contributed by atoms with Gasteiger partial charge in [0.05, 0.1) is 17.7 Å². The van der Waals surface area contributed by atoms with Gasteiger partial charge in [0.2, 0.25) is 11.8 Å². The molecule has 1 N–H and O–H groups in total. The maximum atomic E-state index is 13.9. The third kappa shape index (κ3) is 7.56. The van der Waals surface area contributed by atoms with Crippen LogP contribution in [-0.4, -0.2) is 51.4 Å². The van der Waals surface area contributed by atoms with Gasteiger partial charge >= 0.3 is 0 Å². The first-order valence-corrected chi connectivity index (χ1v) is 14.3. The van der Waals surface area contributed by atoms with Gasteiger partial charge in [0, 0.05) is 13.1 Å². The van der Waals surface area contributed by atoms with Crippen LogP contribution in [0.5, 0.6) is 5.75 Å². The fraction of sp³-hybridized carbons (Fsp3) is 0.310. The number of hydrogen-bond donors (Lipinski definition) is 1. The first-order chi connectivity index (χ1) is 19.1. The molecule has 214 valence electrons. The Bertz CT molecular complexity index is 1380. The van der Waals surface area contributed by atoms with Crippen LogP contribution >= 0.6 is 0 Å². The summed E-state index contributed by atoms with van der Waals surface area (Å²) < 4.78 is 60.8. The first kappa shape index (κ1) is 30.6. The predicted octanol–water partition coefficient (Wildman–Crippen LogP) is 4.50. The van der Waals surface area contributed by atoms with Gasteiger partial charge in [-0.1, -0.05) is 26.0 Å². The van der Waals surface area contributed by atoms with E-state index in [4.69, 9.17) is 4.74 Å². The Labute approximate surface area is 233 Å². The molecule has 0 spiro atoms. The number of rotatable bonds is 13. The molecule has 0 bridgehead atoms. The monoisotopic (exact) mass is 573 g/mol. The Hall–Kier alpha value is -3.99. The third-order valence-electron chi connectivity index (χ3n) is 6.24. The van der Waals surface area contributed by atoms with E-state index in [1.54, 1.807) is 6.92 Å². The second-order valence-corrected chi connectivity index (χ2v) is 10.9. The standard InChI is InChI=1S/C29H33F2N3O5S/c1-4-18-32-29(36)27(5-2)33(19-21-6-8-22(30)9-7-21)28(35)20-34(24-12-10-23(31)11-13-24)40(37,38)26-16-14-25(39-3)15-17-26/h6-17,27H,4-5,18-20H2,1-3H3,(H,32,36)/t27-/m1/s1. The number of halogens is 2. The van der Waals surface area contributed by atoms with E-state index >= 15 is 0 Å². The van der Waals surface area contributed by atoms with Crippen LogP contribution in [0.1, 0.15) is 32.3 Å². The summed E-state index contributed by atoms with van der Waals surface area (Å²) >= 11 is 0. The molecule has 3 aromatic carbocycles. The zero-order valence-corrected chi connectivity index (χ0v) is 23.5. The largest absolute Gasteiger partial charge is 0.497 e. The van der Waals surface area contributed by atoms with Crippen molar-refractivity contribution in [2.75, 3.05) is 24.5 Å². The third-order valence-corrected chi connectivity index (χ3v) is 8.03. The highest BCUT2D eigenvalue weighted by Gasteiger charge is 2.33. The average molecular weight is 574 g/mol. The van der Waals surface area contributed by atoms with Gasteiger partial charge in [0.15, 0.2) is 0 Å². The van der Waals surface area contributed by atoms with Crippen molar-refractivity contribution >= 4 is 27.5 Å². The van der Waals surface area contributed by atoms with Crippen molar-refractivity contribution in [2.24, 2.45) is 0 Å². The molecule has 3 aromatic rings. The molecule has 0 saturated carbocycles. The lowest BCUT2D eigenvalue weighted by Crippen LogP contribution is -2.52. The van der Waals surface area contributed by atoms with Crippen LogP contribution in [-0.2, 0) is 26.2 Å². The minimum atomic E-state index is -4.31. The predicted molar refractivity (Wildman–Crippen MR) is 148 cm³/mol. The van der Waals surface area contributed by atoms with Gasteiger partial charge in [-0.15, -0.1) is 0 Å². The highest BCUT2D eigenvalue weighted by atomic mass is 32.2. The summed E-state index contributed by atoms with van der Waals surface area (Å²) in [5, 5.41) is 2.79. The molecule has 0 radical (unpaired) electrons. The molecule has 0 heterocycles. The molecular formula is C29H33F2N3O5S. The van der Waals surface area contributed by atoms with E-state index in [0.29, 0.717) is 24.3 Å². The van der Waals surface area contributed by atoms with Crippen molar-refractivity contribution in [1.29, 1.82) is 0 Å². The van der Waals surface area contributed by atoms with Gasteiger partial charge in [-0.2, -0.15) is 0 Å². The summed E-state index contributed by atoms with van der Waals surface area (Å²) in [5.41, 5.74) is 0.624. The number of amides is 2.